The van der Waals surface area contributed by atoms with Crippen molar-refractivity contribution in [3.63, 3.8) is 0 Å². The molecule has 0 bridgehead atoms. The van der Waals surface area contributed by atoms with Crippen LogP contribution in [-0.2, 0) is 17.8 Å². The number of rotatable bonds is 7. The van der Waals surface area contributed by atoms with Crippen molar-refractivity contribution in [3.05, 3.63) is 87.8 Å². The van der Waals surface area contributed by atoms with Crippen LogP contribution in [0.3, 0.4) is 0 Å². The lowest BCUT2D eigenvalue weighted by Crippen LogP contribution is -2.30. The Balaban J connectivity index is 1.97. The monoisotopic (exact) mass is 384 g/mol. The van der Waals surface area contributed by atoms with Crippen molar-refractivity contribution >= 4 is 17.6 Å². The molecule has 0 aliphatic rings. The molecule has 2 heterocycles. The number of methoxy groups -OCH3 is 1. The van der Waals surface area contributed by atoms with E-state index in [9.17, 15) is 19.7 Å². The molecule has 0 saturated carbocycles. The molecule has 1 amide bonds. The van der Waals surface area contributed by atoms with E-state index < -0.39 is 16.8 Å². The van der Waals surface area contributed by atoms with Crippen molar-refractivity contribution in [1.82, 2.24) is 4.90 Å². The van der Waals surface area contributed by atoms with Gasteiger partial charge in [-0.3, -0.25) is 14.9 Å². The normalized spacial score (nSPS) is 10.5. The standard InChI is InChI=1S/C19H16N2O7/c1-26-19(23)14-8-13(9-15(10-14)21(24)25)18(22)20(11-16-4-2-6-27-16)12-17-5-3-7-28-17/h2-10H,11-12H2,1H3. The van der Waals surface area contributed by atoms with E-state index in [1.807, 2.05) is 0 Å². The predicted octanol–water partition coefficient (Wildman–Crippen LogP) is 3.41. The van der Waals surface area contributed by atoms with Gasteiger partial charge in [0.25, 0.3) is 11.6 Å². The van der Waals surface area contributed by atoms with Crippen LogP contribution in [0.4, 0.5) is 5.69 Å². The second kappa shape index (κ2) is 8.21. The van der Waals surface area contributed by atoms with Crippen LogP contribution in [0.15, 0.2) is 63.8 Å². The molecule has 0 fully saturated rings. The Hall–Kier alpha value is -3.88. The summed E-state index contributed by atoms with van der Waals surface area (Å²) in [5.74, 6) is -0.250. The number of amides is 1. The third-order valence-corrected chi connectivity index (χ3v) is 3.94. The molecule has 1 aromatic carbocycles. The van der Waals surface area contributed by atoms with E-state index in [1.165, 1.54) is 23.5 Å². The van der Waals surface area contributed by atoms with E-state index >= 15 is 0 Å². The highest BCUT2D eigenvalue weighted by Gasteiger charge is 2.23. The van der Waals surface area contributed by atoms with Crippen molar-refractivity contribution in [2.75, 3.05) is 7.11 Å². The SMILES string of the molecule is COC(=O)c1cc(C(=O)N(Cc2ccco2)Cc2ccco2)cc([N+](=O)[O-])c1. The number of non-ortho nitro benzene ring substituents is 1. The summed E-state index contributed by atoms with van der Waals surface area (Å²) in [6.45, 7) is 0.228. The van der Waals surface area contributed by atoms with Crippen LogP contribution < -0.4 is 0 Å². The fourth-order valence-corrected chi connectivity index (χ4v) is 2.64. The van der Waals surface area contributed by atoms with Gasteiger partial charge in [-0.2, -0.15) is 0 Å². The highest BCUT2D eigenvalue weighted by atomic mass is 16.6. The van der Waals surface area contributed by atoms with Crippen molar-refractivity contribution in [2.45, 2.75) is 13.1 Å². The zero-order valence-corrected chi connectivity index (χ0v) is 14.9. The van der Waals surface area contributed by atoms with E-state index in [-0.39, 0.29) is 29.9 Å². The Labute approximate surface area is 159 Å². The van der Waals surface area contributed by atoms with Gasteiger partial charge in [-0.15, -0.1) is 0 Å². The molecule has 2 aromatic heterocycles. The van der Waals surface area contributed by atoms with E-state index in [2.05, 4.69) is 4.74 Å². The van der Waals surface area contributed by atoms with Gasteiger partial charge in [-0.1, -0.05) is 0 Å². The van der Waals surface area contributed by atoms with E-state index in [4.69, 9.17) is 8.83 Å². The molecule has 0 aliphatic carbocycles. The zero-order valence-electron chi connectivity index (χ0n) is 14.9. The summed E-state index contributed by atoms with van der Waals surface area (Å²) in [6, 6.07) is 10.2. The lowest BCUT2D eigenvalue weighted by atomic mass is 10.1. The molecular formula is C19H16N2O7. The summed E-state index contributed by atoms with van der Waals surface area (Å²) in [6.07, 6.45) is 2.96. The van der Waals surface area contributed by atoms with Gasteiger partial charge in [0.2, 0.25) is 0 Å². The average molecular weight is 384 g/mol. The molecule has 0 atom stereocenters. The van der Waals surface area contributed by atoms with Crippen LogP contribution in [-0.4, -0.2) is 28.8 Å². The molecule has 0 radical (unpaired) electrons. The summed E-state index contributed by atoms with van der Waals surface area (Å²) >= 11 is 0. The summed E-state index contributed by atoms with van der Waals surface area (Å²) in [5.41, 5.74) is -0.495. The van der Waals surface area contributed by atoms with E-state index in [0.717, 1.165) is 19.2 Å². The summed E-state index contributed by atoms with van der Waals surface area (Å²) in [5, 5.41) is 11.2. The third kappa shape index (κ3) is 4.26. The van der Waals surface area contributed by atoms with Crippen LogP contribution in [0.25, 0.3) is 0 Å². The molecule has 9 nitrogen and oxygen atoms in total. The first-order valence-corrected chi connectivity index (χ1v) is 8.19. The average Bonchev–Trinajstić information content (AvgIpc) is 3.40. The third-order valence-electron chi connectivity index (χ3n) is 3.94. The van der Waals surface area contributed by atoms with Crippen LogP contribution >= 0.6 is 0 Å². The molecular weight excluding hydrogens is 368 g/mol. The smallest absolute Gasteiger partial charge is 0.338 e. The number of benzene rings is 1. The maximum atomic E-state index is 13.1. The van der Waals surface area contributed by atoms with Crippen molar-refractivity contribution in [1.29, 1.82) is 0 Å². The molecule has 0 unspecified atom stereocenters. The molecule has 3 rings (SSSR count). The fraction of sp³-hybridized carbons (Fsp3) is 0.158. The maximum absolute atomic E-state index is 13.1. The maximum Gasteiger partial charge on any atom is 0.338 e. The highest BCUT2D eigenvalue weighted by Crippen LogP contribution is 2.21. The first-order valence-electron chi connectivity index (χ1n) is 8.19. The van der Waals surface area contributed by atoms with Crippen LogP contribution in [0.1, 0.15) is 32.2 Å². The van der Waals surface area contributed by atoms with Crippen LogP contribution in [0, 0.1) is 10.1 Å². The Morgan fingerprint density at radius 2 is 1.61 bits per heavy atom. The van der Waals surface area contributed by atoms with Gasteiger partial charge in [-0.05, 0) is 30.3 Å². The Kier molecular flexibility index (Phi) is 5.54. The van der Waals surface area contributed by atoms with Crippen LogP contribution in [0.5, 0.6) is 0 Å². The second-order valence-corrected chi connectivity index (χ2v) is 5.84. The minimum absolute atomic E-state index is 0.0206. The number of furan rings is 2. The molecule has 0 spiro atoms. The lowest BCUT2D eigenvalue weighted by Gasteiger charge is -2.21. The van der Waals surface area contributed by atoms with Gasteiger partial charge in [0.1, 0.15) is 11.5 Å². The number of nitro benzene ring substituents is 1. The van der Waals surface area contributed by atoms with Gasteiger partial charge in [0.05, 0.1) is 43.2 Å². The van der Waals surface area contributed by atoms with Crippen LogP contribution in [0.2, 0.25) is 0 Å². The van der Waals surface area contributed by atoms with Crippen molar-refractivity contribution < 1.29 is 28.1 Å². The number of carbonyl (C=O) groups is 2. The van der Waals surface area contributed by atoms with Gasteiger partial charge >= 0.3 is 5.97 Å². The number of nitrogens with zero attached hydrogens (tertiary/aromatic N) is 2. The van der Waals surface area contributed by atoms with Gasteiger partial charge in [0.15, 0.2) is 0 Å². The fourth-order valence-electron chi connectivity index (χ4n) is 2.64. The Morgan fingerprint density at radius 3 is 2.07 bits per heavy atom. The Morgan fingerprint density at radius 1 is 1.04 bits per heavy atom. The summed E-state index contributed by atoms with van der Waals surface area (Å²) in [4.78, 5) is 36.9. The molecule has 144 valence electrons. The highest BCUT2D eigenvalue weighted by molar-refractivity contribution is 5.99. The predicted molar refractivity (Wildman–Crippen MR) is 95.4 cm³/mol. The zero-order chi connectivity index (χ0) is 20.1. The number of carbonyl (C=O) groups excluding carboxylic acids is 2. The minimum atomic E-state index is -0.777. The number of hydrogen-bond donors (Lipinski definition) is 0. The first kappa shape index (κ1) is 18.9. The summed E-state index contributed by atoms with van der Waals surface area (Å²) in [7, 11) is 1.16. The molecule has 9 heteroatoms. The number of ether oxygens (including phenoxy) is 1. The largest absolute Gasteiger partial charge is 0.467 e. The van der Waals surface area contributed by atoms with Crippen molar-refractivity contribution in [3.8, 4) is 0 Å². The number of hydrogen-bond acceptors (Lipinski definition) is 7. The second-order valence-electron chi connectivity index (χ2n) is 5.84. The molecule has 3 aromatic rings. The van der Waals surface area contributed by atoms with E-state index in [0.29, 0.717) is 11.5 Å². The summed E-state index contributed by atoms with van der Waals surface area (Å²) < 4.78 is 15.2. The number of nitro groups is 1. The quantitative estimate of drug-likeness (QED) is 0.348. The van der Waals surface area contributed by atoms with E-state index in [1.54, 1.807) is 24.3 Å². The molecule has 28 heavy (non-hydrogen) atoms. The minimum Gasteiger partial charge on any atom is -0.467 e. The topological polar surface area (TPSA) is 116 Å². The molecule has 0 saturated heterocycles. The Bertz CT molecular complexity index is 942. The van der Waals surface area contributed by atoms with Gasteiger partial charge < -0.3 is 18.5 Å². The number of esters is 1. The first-order chi connectivity index (χ1) is 13.5. The van der Waals surface area contributed by atoms with Crippen molar-refractivity contribution in [2.24, 2.45) is 0 Å². The molecule has 0 aliphatic heterocycles. The van der Waals surface area contributed by atoms with Gasteiger partial charge in [-0.25, -0.2) is 4.79 Å². The lowest BCUT2D eigenvalue weighted by molar-refractivity contribution is -0.384. The molecule has 0 N–H and O–H groups in total. The van der Waals surface area contributed by atoms with Gasteiger partial charge in [0, 0.05) is 17.7 Å².